The first-order valence-electron chi connectivity index (χ1n) is 7.26. The van der Waals surface area contributed by atoms with Gasteiger partial charge in [-0.2, -0.15) is 0 Å². The van der Waals surface area contributed by atoms with Crippen LogP contribution >= 0.6 is 0 Å². The van der Waals surface area contributed by atoms with E-state index in [1.165, 1.54) is 37.5 Å². The molecule has 0 aliphatic carbocycles. The molecule has 1 heterocycles. The van der Waals surface area contributed by atoms with E-state index in [2.05, 4.69) is 10.3 Å². The number of rotatable bonds is 6. The average Bonchev–Trinajstić information content (AvgIpc) is 2.59. The minimum absolute atomic E-state index is 0.0190. The second-order valence-electron chi connectivity index (χ2n) is 5.21. The molecule has 2 aromatic rings. The molecular weight excluding hydrogens is 364 g/mol. The topological polar surface area (TPSA) is 132 Å². The Morgan fingerprint density at radius 1 is 1.31 bits per heavy atom. The zero-order chi connectivity index (χ0) is 19.3. The van der Waals surface area contributed by atoms with E-state index < -0.39 is 21.0 Å². The minimum Gasteiger partial charge on any atom is -0.410 e. The van der Waals surface area contributed by atoms with Crippen molar-refractivity contribution in [1.82, 2.24) is 10.3 Å². The lowest BCUT2D eigenvalue weighted by Crippen LogP contribution is -2.30. The first-order valence-corrected chi connectivity index (χ1v) is 9.11. The number of carbonyl (C=O) groups is 1. The molecule has 26 heavy (non-hydrogen) atoms. The Morgan fingerprint density at radius 2 is 1.96 bits per heavy atom. The van der Waals surface area contributed by atoms with Crippen LogP contribution in [0.2, 0.25) is 0 Å². The fraction of sp³-hybridized carbons (Fsp3) is 0.200. The van der Waals surface area contributed by atoms with Gasteiger partial charge in [-0.3, -0.25) is 14.4 Å². The van der Waals surface area contributed by atoms with Crippen LogP contribution in [0.25, 0.3) is 0 Å². The molecule has 0 radical (unpaired) electrons. The van der Waals surface area contributed by atoms with Crippen LogP contribution in [0.4, 0.5) is 16.3 Å². The Balaban J connectivity index is 2.03. The molecule has 1 N–H and O–H groups in total. The Hall–Kier alpha value is -3.21. The normalized spacial score (nSPS) is 10.8. The van der Waals surface area contributed by atoms with Crippen LogP contribution in [0.5, 0.6) is 5.75 Å². The molecule has 10 nitrogen and oxygen atoms in total. The highest BCUT2D eigenvalue weighted by Gasteiger charge is 2.17. The van der Waals surface area contributed by atoms with Crippen LogP contribution in [-0.2, 0) is 16.6 Å². The molecule has 138 valence electrons. The Bertz CT molecular complexity index is 914. The smallest absolute Gasteiger partial charge is 0.410 e. The first kappa shape index (κ1) is 19.1. The quantitative estimate of drug-likeness (QED) is 0.595. The van der Waals surface area contributed by atoms with Gasteiger partial charge in [-0.15, -0.1) is 0 Å². The Labute approximate surface area is 149 Å². The lowest BCUT2D eigenvalue weighted by atomic mass is 10.2. The number of benzene rings is 1. The number of sulfonamides is 1. The number of pyridine rings is 1. The number of hydrogen-bond acceptors (Lipinski definition) is 7. The van der Waals surface area contributed by atoms with E-state index in [1.54, 1.807) is 12.1 Å². The number of anilines is 1. The molecule has 0 bridgehead atoms. The number of non-ortho nitro benzene ring substituents is 1. The van der Waals surface area contributed by atoms with Gasteiger partial charge in [0.05, 0.1) is 11.2 Å². The zero-order valence-corrected chi connectivity index (χ0v) is 14.8. The summed E-state index contributed by atoms with van der Waals surface area (Å²) in [6.07, 6.45) is 1.69. The molecule has 0 aliphatic heterocycles. The summed E-state index contributed by atoms with van der Waals surface area (Å²) in [6.45, 7) is -0.0190. The summed E-state index contributed by atoms with van der Waals surface area (Å²) in [5.41, 5.74) is 0.350. The van der Waals surface area contributed by atoms with Crippen molar-refractivity contribution in [1.29, 1.82) is 0 Å². The minimum atomic E-state index is -3.50. The summed E-state index contributed by atoms with van der Waals surface area (Å²) in [7, 11) is -2.15. The molecule has 1 aromatic carbocycles. The van der Waals surface area contributed by atoms with Crippen molar-refractivity contribution in [2.45, 2.75) is 6.54 Å². The second kappa shape index (κ2) is 7.78. The number of nitrogens with zero attached hydrogens (tertiary/aromatic N) is 3. The van der Waals surface area contributed by atoms with Gasteiger partial charge in [0.1, 0.15) is 11.6 Å². The number of amides is 1. The maximum atomic E-state index is 11.9. The van der Waals surface area contributed by atoms with E-state index in [9.17, 15) is 23.3 Å². The number of ether oxygens (including phenoxy) is 1. The predicted octanol–water partition coefficient (Wildman–Crippen LogP) is 1.67. The molecule has 0 unspecified atom stereocenters. The number of nitro benzene ring substituents is 1. The largest absolute Gasteiger partial charge is 0.412 e. The van der Waals surface area contributed by atoms with Crippen molar-refractivity contribution in [2.24, 2.45) is 0 Å². The van der Waals surface area contributed by atoms with Gasteiger partial charge in [-0.05, 0) is 18.2 Å². The summed E-state index contributed by atoms with van der Waals surface area (Å²) < 4.78 is 29.3. The van der Waals surface area contributed by atoms with E-state index in [4.69, 9.17) is 4.74 Å². The van der Waals surface area contributed by atoms with Crippen LogP contribution in [0.15, 0.2) is 42.6 Å². The molecule has 11 heteroatoms. The van der Waals surface area contributed by atoms with Crippen LogP contribution in [-0.4, -0.2) is 37.7 Å². The third-order valence-electron chi connectivity index (χ3n) is 3.34. The van der Waals surface area contributed by atoms with Gasteiger partial charge in [0, 0.05) is 37.5 Å². The molecule has 1 amide bonds. The third-order valence-corrected chi connectivity index (χ3v) is 4.51. The van der Waals surface area contributed by atoms with Crippen LogP contribution in [0.3, 0.4) is 0 Å². The van der Waals surface area contributed by atoms with Crippen molar-refractivity contribution in [3.63, 3.8) is 0 Å². The second-order valence-corrected chi connectivity index (χ2v) is 7.22. The fourth-order valence-electron chi connectivity index (χ4n) is 1.96. The standard InChI is InChI=1S/C15H16N4O6S/c1-18(26(2,23)24)14-11(4-3-9-16-14)10-17-15(20)25-13-7-5-12(6-8-13)19(21)22/h3-9H,10H2,1-2H3,(H,17,20). The molecule has 0 saturated heterocycles. The van der Waals surface area contributed by atoms with E-state index in [0.717, 1.165) is 10.6 Å². The predicted molar refractivity (Wildman–Crippen MR) is 93.4 cm³/mol. The molecule has 0 fully saturated rings. The number of nitrogens with one attached hydrogen (secondary N) is 1. The fourth-order valence-corrected chi connectivity index (χ4v) is 2.43. The maximum absolute atomic E-state index is 11.9. The summed E-state index contributed by atoms with van der Waals surface area (Å²) in [5.74, 6) is 0.318. The highest BCUT2D eigenvalue weighted by atomic mass is 32.2. The van der Waals surface area contributed by atoms with E-state index >= 15 is 0 Å². The number of hydrogen-bond donors (Lipinski definition) is 1. The molecule has 0 atom stereocenters. The SMILES string of the molecule is CN(c1ncccc1CNC(=O)Oc1ccc([N+](=O)[O-])cc1)S(C)(=O)=O. The monoisotopic (exact) mass is 380 g/mol. The van der Waals surface area contributed by atoms with Gasteiger partial charge in [0.2, 0.25) is 10.0 Å². The summed E-state index contributed by atoms with van der Waals surface area (Å²) in [4.78, 5) is 25.9. The van der Waals surface area contributed by atoms with Gasteiger partial charge in [-0.25, -0.2) is 18.2 Å². The van der Waals surface area contributed by atoms with Crippen molar-refractivity contribution < 1.29 is 22.9 Å². The molecule has 0 spiro atoms. The van der Waals surface area contributed by atoms with Gasteiger partial charge < -0.3 is 10.1 Å². The van der Waals surface area contributed by atoms with Gasteiger partial charge in [0.25, 0.3) is 5.69 Å². The summed E-state index contributed by atoms with van der Waals surface area (Å²) in [6, 6.07) is 8.25. The van der Waals surface area contributed by atoms with Crippen molar-refractivity contribution >= 4 is 27.6 Å². The van der Waals surface area contributed by atoms with E-state index in [0.29, 0.717) is 5.56 Å². The Kier molecular flexibility index (Phi) is 5.72. The van der Waals surface area contributed by atoms with Gasteiger partial charge in [0.15, 0.2) is 0 Å². The number of aromatic nitrogens is 1. The van der Waals surface area contributed by atoms with Crippen molar-refractivity contribution in [2.75, 3.05) is 17.6 Å². The lowest BCUT2D eigenvalue weighted by molar-refractivity contribution is -0.384. The number of nitro groups is 1. The van der Waals surface area contributed by atoms with Crippen LogP contribution < -0.4 is 14.4 Å². The van der Waals surface area contributed by atoms with Crippen LogP contribution in [0, 0.1) is 10.1 Å². The third kappa shape index (κ3) is 4.89. The number of carbonyl (C=O) groups excluding carboxylic acids is 1. The summed E-state index contributed by atoms with van der Waals surface area (Å²) >= 11 is 0. The van der Waals surface area contributed by atoms with E-state index in [1.807, 2.05) is 0 Å². The molecular formula is C15H16N4O6S. The highest BCUT2D eigenvalue weighted by Crippen LogP contribution is 2.19. The summed E-state index contributed by atoms with van der Waals surface area (Å²) in [5, 5.41) is 13.1. The highest BCUT2D eigenvalue weighted by molar-refractivity contribution is 7.92. The Morgan fingerprint density at radius 3 is 2.54 bits per heavy atom. The van der Waals surface area contributed by atoms with Gasteiger partial charge in [-0.1, -0.05) is 6.07 Å². The van der Waals surface area contributed by atoms with Crippen molar-refractivity contribution in [3.8, 4) is 5.75 Å². The van der Waals surface area contributed by atoms with Crippen LogP contribution in [0.1, 0.15) is 5.56 Å². The maximum Gasteiger partial charge on any atom is 0.412 e. The van der Waals surface area contributed by atoms with Gasteiger partial charge >= 0.3 is 6.09 Å². The molecule has 0 aliphatic rings. The lowest BCUT2D eigenvalue weighted by Gasteiger charge is -2.18. The van der Waals surface area contributed by atoms with Crippen molar-refractivity contribution in [3.05, 3.63) is 58.3 Å². The van der Waals surface area contributed by atoms with E-state index in [-0.39, 0.29) is 23.8 Å². The first-order chi connectivity index (χ1) is 12.2. The molecule has 1 aromatic heterocycles. The zero-order valence-electron chi connectivity index (χ0n) is 13.9. The average molecular weight is 380 g/mol. The molecule has 0 saturated carbocycles. The molecule has 2 rings (SSSR count).